The first-order chi connectivity index (χ1) is 9.13. The molecule has 1 unspecified atom stereocenters. The molecule has 0 bridgehead atoms. The lowest BCUT2D eigenvalue weighted by Crippen LogP contribution is -2.24. The van der Waals surface area contributed by atoms with Crippen molar-refractivity contribution in [3.8, 4) is 0 Å². The summed E-state index contributed by atoms with van der Waals surface area (Å²) in [5, 5.41) is 9.17. The maximum atomic E-state index is 12.0. The Morgan fingerprint density at radius 1 is 1.42 bits per heavy atom. The van der Waals surface area contributed by atoms with Crippen LogP contribution in [0.25, 0.3) is 0 Å². The van der Waals surface area contributed by atoms with Gasteiger partial charge in [0.25, 0.3) is 0 Å². The van der Waals surface area contributed by atoms with Crippen molar-refractivity contribution in [2.45, 2.75) is 12.8 Å². The van der Waals surface area contributed by atoms with Gasteiger partial charge in [0.2, 0.25) is 11.8 Å². The zero-order chi connectivity index (χ0) is 13.4. The van der Waals surface area contributed by atoms with E-state index < -0.39 is 0 Å². The van der Waals surface area contributed by atoms with Crippen LogP contribution in [0.3, 0.4) is 0 Å². The number of halogens is 1. The highest BCUT2D eigenvalue weighted by Gasteiger charge is 2.24. The normalized spacial score (nSPS) is 21.1. The molecule has 1 aromatic rings. The average molecular weight is 280 g/mol. The Kier molecular flexibility index (Phi) is 3.16. The fourth-order valence-corrected chi connectivity index (χ4v) is 2.67. The molecule has 100 valence electrons. The summed E-state index contributed by atoms with van der Waals surface area (Å²) >= 11 is 6.12. The van der Waals surface area contributed by atoms with E-state index in [4.69, 9.17) is 11.6 Å². The van der Waals surface area contributed by atoms with Crippen molar-refractivity contribution in [3.05, 3.63) is 22.7 Å². The molecule has 19 heavy (non-hydrogen) atoms. The summed E-state index contributed by atoms with van der Waals surface area (Å²) < 4.78 is 0. The van der Waals surface area contributed by atoms with E-state index in [0.717, 1.165) is 24.2 Å². The third-order valence-corrected chi connectivity index (χ3v) is 3.82. The van der Waals surface area contributed by atoms with Crippen LogP contribution in [0.2, 0.25) is 5.02 Å². The van der Waals surface area contributed by atoms with Crippen LogP contribution in [0.15, 0.2) is 12.1 Å². The monoisotopic (exact) mass is 279 g/mol. The van der Waals surface area contributed by atoms with Crippen LogP contribution in [-0.4, -0.2) is 24.9 Å². The molecule has 3 N–H and O–H groups in total. The third-order valence-electron chi connectivity index (χ3n) is 3.51. The molecule has 0 aromatic heterocycles. The zero-order valence-corrected chi connectivity index (χ0v) is 11.0. The molecule has 0 radical (unpaired) electrons. The number of hydrogen-bond acceptors (Lipinski definition) is 3. The molecular formula is C13H14ClN3O2. The van der Waals surface area contributed by atoms with E-state index >= 15 is 0 Å². The summed E-state index contributed by atoms with van der Waals surface area (Å²) in [7, 11) is 0. The van der Waals surface area contributed by atoms with Crippen molar-refractivity contribution in [2.24, 2.45) is 5.92 Å². The second kappa shape index (κ2) is 4.83. The molecular weight excluding hydrogens is 266 g/mol. The minimum atomic E-state index is -0.0467. The lowest BCUT2D eigenvalue weighted by atomic mass is 10.1. The SMILES string of the molecule is O=C1Cc2cc(NC(=O)C3CCNC3)c(Cl)cc2N1. The number of fused-ring (bicyclic) bond motifs is 1. The van der Waals surface area contributed by atoms with Gasteiger partial charge in [-0.2, -0.15) is 0 Å². The van der Waals surface area contributed by atoms with Gasteiger partial charge in [-0.15, -0.1) is 0 Å². The Bertz CT molecular complexity index is 553. The van der Waals surface area contributed by atoms with Gasteiger partial charge < -0.3 is 16.0 Å². The summed E-state index contributed by atoms with van der Waals surface area (Å²) in [4.78, 5) is 23.3. The molecule has 0 spiro atoms. The maximum absolute atomic E-state index is 12.0. The van der Waals surface area contributed by atoms with Gasteiger partial charge in [-0.25, -0.2) is 0 Å². The van der Waals surface area contributed by atoms with Crippen molar-refractivity contribution < 1.29 is 9.59 Å². The van der Waals surface area contributed by atoms with Gasteiger partial charge >= 0.3 is 0 Å². The lowest BCUT2D eigenvalue weighted by molar-refractivity contribution is -0.119. The molecule has 1 atom stereocenters. The number of anilines is 2. The molecule has 1 saturated heterocycles. The van der Waals surface area contributed by atoms with E-state index in [0.29, 0.717) is 23.7 Å². The van der Waals surface area contributed by atoms with Crippen molar-refractivity contribution in [3.63, 3.8) is 0 Å². The third kappa shape index (κ3) is 2.43. The minimum Gasteiger partial charge on any atom is -0.325 e. The molecule has 5 nitrogen and oxygen atoms in total. The number of rotatable bonds is 2. The number of carbonyl (C=O) groups excluding carboxylic acids is 2. The number of carbonyl (C=O) groups is 2. The number of amides is 2. The second-order valence-corrected chi connectivity index (χ2v) is 5.30. The largest absolute Gasteiger partial charge is 0.325 e. The first kappa shape index (κ1) is 12.4. The predicted octanol–water partition coefficient (Wildman–Crippen LogP) is 1.38. The van der Waals surface area contributed by atoms with Gasteiger partial charge in [-0.1, -0.05) is 11.6 Å². The van der Waals surface area contributed by atoms with Crippen molar-refractivity contribution in [1.29, 1.82) is 0 Å². The number of hydrogen-bond donors (Lipinski definition) is 3. The quantitative estimate of drug-likeness (QED) is 0.766. The molecule has 6 heteroatoms. The fourth-order valence-electron chi connectivity index (χ4n) is 2.46. The van der Waals surface area contributed by atoms with Gasteiger partial charge in [-0.05, 0) is 30.7 Å². The van der Waals surface area contributed by atoms with Crippen LogP contribution in [-0.2, 0) is 16.0 Å². The molecule has 1 fully saturated rings. The topological polar surface area (TPSA) is 70.2 Å². The van der Waals surface area contributed by atoms with Gasteiger partial charge in [0.05, 0.1) is 23.0 Å². The summed E-state index contributed by atoms with van der Waals surface area (Å²) in [6.07, 6.45) is 1.18. The van der Waals surface area contributed by atoms with E-state index in [2.05, 4.69) is 16.0 Å². The van der Waals surface area contributed by atoms with Gasteiger partial charge in [0, 0.05) is 12.2 Å². The molecule has 2 aliphatic heterocycles. The number of nitrogens with one attached hydrogen (secondary N) is 3. The highest BCUT2D eigenvalue weighted by atomic mass is 35.5. The van der Waals surface area contributed by atoms with Gasteiger partial charge in [0.15, 0.2) is 0 Å². The lowest BCUT2D eigenvalue weighted by Gasteiger charge is -2.12. The summed E-state index contributed by atoms with van der Waals surface area (Å²) in [5.74, 6) is -0.0808. The zero-order valence-electron chi connectivity index (χ0n) is 10.3. The summed E-state index contributed by atoms with van der Waals surface area (Å²) in [6, 6.07) is 3.46. The molecule has 0 saturated carbocycles. The summed E-state index contributed by atoms with van der Waals surface area (Å²) in [5.41, 5.74) is 2.18. The highest BCUT2D eigenvalue weighted by molar-refractivity contribution is 6.34. The second-order valence-electron chi connectivity index (χ2n) is 4.89. The molecule has 2 aliphatic rings. The van der Waals surface area contributed by atoms with Crippen molar-refractivity contribution in [1.82, 2.24) is 5.32 Å². The predicted molar refractivity (Wildman–Crippen MR) is 73.4 cm³/mol. The average Bonchev–Trinajstić information content (AvgIpc) is 2.97. The maximum Gasteiger partial charge on any atom is 0.228 e. The minimum absolute atomic E-state index is 0.0101. The Labute approximate surface area is 115 Å². The molecule has 3 rings (SSSR count). The van der Waals surface area contributed by atoms with Crippen LogP contribution in [0.4, 0.5) is 11.4 Å². The Morgan fingerprint density at radius 2 is 2.26 bits per heavy atom. The van der Waals surface area contributed by atoms with Crippen LogP contribution >= 0.6 is 11.6 Å². The van der Waals surface area contributed by atoms with E-state index in [-0.39, 0.29) is 17.7 Å². The Hall–Kier alpha value is -1.59. The number of benzene rings is 1. The van der Waals surface area contributed by atoms with E-state index in [1.807, 2.05) is 0 Å². The van der Waals surface area contributed by atoms with Crippen LogP contribution in [0.1, 0.15) is 12.0 Å². The molecule has 1 aromatic carbocycles. The van der Waals surface area contributed by atoms with Crippen molar-refractivity contribution >= 4 is 34.8 Å². The first-order valence-corrected chi connectivity index (χ1v) is 6.65. The molecule has 2 heterocycles. The van der Waals surface area contributed by atoms with E-state index in [1.54, 1.807) is 12.1 Å². The van der Waals surface area contributed by atoms with Gasteiger partial charge in [-0.3, -0.25) is 9.59 Å². The highest BCUT2D eigenvalue weighted by Crippen LogP contribution is 2.33. The standard InChI is InChI=1S/C13H14ClN3O2/c14-9-5-10-8(4-12(18)16-10)3-11(9)17-13(19)7-1-2-15-6-7/h3,5,7,15H,1-2,4,6H2,(H,16,18)(H,17,19). The van der Waals surface area contributed by atoms with Gasteiger partial charge in [0.1, 0.15) is 0 Å². The smallest absolute Gasteiger partial charge is 0.228 e. The van der Waals surface area contributed by atoms with Crippen LogP contribution in [0, 0.1) is 5.92 Å². The van der Waals surface area contributed by atoms with E-state index in [9.17, 15) is 9.59 Å². The summed E-state index contributed by atoms with van der Waals surface area (Å²) in [6.45, 7) is 1.57. The molecule has 2 amide bonds. The van der Waals surface area contributed by atoms with E-state index in [1.165, 1.54) is 0 Å². The molecule has 0 aliphatic carbocycles. The Morgan fingerprint density at radius 3 is 3.00 bits per heavy atom. The first-order valence-electron chi connectivity index (χ1n) is 6.27. The van der Waals surface area contributed by atoms with Crippen molar-refractivity contribution in [2.75, 3.05) is 23.7 Å². The Balaban J connectivity index is 1.79. The van der Waals surface area contributed by atoms with Crippen LogP contribution < -0.4 is 16.0 Å². The fraction of sp³-hybridized carbons (Fsp3) is 0.385. The van der Waals surface area contributed by atoms with Crippen LogP contribution in [0.5, 0.6) is 0 Å².